The van der Waals surface area contributed by atoms with Gasteiger partial charge in [0.15, 0.2) is 0 Å². The summed E-state index contributed by atoms with van der Waals surface area (Å²) >= 11 is 5.97. The fraction of sp³-hybridized carbons (Fsp3) is 0.211. The van der Waals surface area contributed by atoms with E-state index in [1.807, 2.05) is 37.3 Å². The Labute approximate surface area is 150 Å². The SMILES string of the molecule is Cc1cccc2c(=O)n(CC(=O)N(C)Cc3cccc(Cl)c3)cnc12. The van der Waals surface area contributed by atoms with E-state index in [1.165, 1.54) is 10.9 Å². The highest BCUT2D eigenvalue weighted by molar-refractivity contribution is 6.30. The molecular weight excluding hydrogens is 338 g/mol. The summed E-state index contributed by atoms with van der Waals surface area (Å²) in [7, 11) is 1.70. The largest absolute Gasteiger partial charge is 0.340 e. The molecule has 0 N–H and O–H groups in total. The molecule has 0 fully saturated rings. The summed E-state index contributed by atoms with van der Waals surface area (Å²) in [5.74, 6) is -0.170. The molecule has 0 unspecified atom stereocenters. The molecule has 3 rings (SSSR count). The number of nitrogens with zero attached hydrogens (tertiary/aromatic N) is 3. The highest BCUT2D eigenvalue weighted by Gasteiger charge is 2.13. The summed E-state index contributed by atoms with van der Waals surface area (Å²) in [4.78, 5) is 30.9. The van der Waals surface area contributed by atoms with Gasteiger partial charge in [-0.05, 0) is 36.2 Å². The van der Waals surface area contributed by atoms with Crippen LogP contribution in [0.15, 0.2) is 53.6 Å². The second-order valence-electron chi connectivity index (χ2n) is 6.03. The smallest absolute Gasteiger partial charge is 0.261 e. The Morgan fingerprint density at radius 3 is 2.76 bits per heavy atom. The van der Waals surface area contributed by atoms with Gasteiger partial charge >= 0.3 is 0 Å². The third-order valence-electron chi connectivity index (χ3n) is 4.10. The maximum absolute atomic E-state index is 12.6. The Hall–Kier alpha value is -2.66. The number of hydrogen-bond donors (Lipinski definition) is 0. The molecule has 0 aliphatic carbocycles. The zero-order valence-electron chi connectivity index (χ0n) is 14.1. The van der Waals surface area contributed by atoms with Gasteiger partial charge in [-0.3, -0.25) is 14.2 Å². The number of carbonyl (C=O) groups is 1. The van der Waals surface area contributed by atoms with Gasteiger partial charge in [0, 0.05) is 18.6 Å². The Bertz CT molecular complexity index is 997. The van der Waals surface area contributed by atoms with Crippen LogP contribution in [0.2, 0.25) is 5.02 Å². The zero-order chi connectivity index (χ0) is 18.0. The van der Waals surface area contributed by atoms with Crippen molar-refractivity contribution in [3.63, 3.8) is 0 Å². The van der Waals surface area contributed by atoms with Gasteiger partial charge in [-0.2, -0.15) is 0 Å². The van der Waals surface area contributed by atoms with E-state index in [2.05, 4.69) is 4.98 Å². The van der Waals surface area contributed by atoms with Gasteiger partial charge < -0.3 is 4.90 Å². The lowest BCUT2D eigenvalue weighted by molar-refractivity contribution is -0.131. The van der Waals surface area contributed by atoms with Crippen LogP contribution in [0.1, 0.15) is 11.1 Å². The minimum Gasteiger partial charge on any atom is -0.340 e. The number of likely N-dealkylation sites (N-methyl/N-ethyl adjacent to an activating group) is 1. The number of aromatic nitrogens is 2. The lowest BCUT2D eigenvalue weighted by Gasteiger charge is -2.18. The van der Waals surface area contributed by atoms with Crippen LogP contribution >= 0.6 is 11.6 Å². The van der Waals surface area contributed by atoms with E-state index in [1.54, 1.807) is 24.1 Å². The number of aryl methyl sites for hydroxylation is 1. The standard InChI is InChI=1S/C19H18ClN3O2/c1-13-5-3-8-16-18(13)21-12-23(19(16)25)11-17(24)22(2)10-14-6-4-7-15(20)9-14/h3-9,12H,10-11H2,1-2H3. The number of benzene rings is 2. The van der Waals surface area contributed by atoms with Crippen molar-refractivity contribution < 1.29 is 4.79 Å². The average molecular weight is 356 g/mol. The Morgan fingerprint density at radius 1 is 1.24 bits per heavy atom. The van der Waals surface area contributed by atoms with Crippen LogP contribution in [0, 0.1) is 6.92 Å². The van der Waals surface area contributed by atoms with E-state index < -0.39 is 0 Å². The third-order valence-corrected chi connectivity index (χ3v) is 4.33. The molecule has 2 aromatic carbocycles. The molecule has 6 heteroatoms. The third kappa shape index (κ3) is 3.72. The first-order valence-corrected chi connectivity index (χ1v) is 8.26. The molecule has 1 heterocycles. The maximum Gasteiger partial charge on any atom is 0.261 e. The van der Waals surface area contributed by atoms with Crippen molar-refractivity contribution in [1.82, 2.24) is 14.5 Å². The van der Waals surface area contributed by atoms with E-state index in [0.717, 1.165) is 11.1 Å². The molecule has 0 saturated heterocycles. The van der Waals surface area contributed by atoms with Gasteiger partial charge in [0.05, 0.1) is 17.2 Å². The van der Waals surface area contributed by atoms with Crippen LogP contribution in [0.4, 0.5) is 0 Å². The van der Waals surface area contributed by atoms with E-state index in [9.17, 15) is 9.59 Å². The molecule has 1 amide bonds. The van der Waals surface area contributed by atoms with Gasteiger partial charge in [0.1, 0.15) is 6.54 Å². The summed E-state index contributed by atoms with van der Waals surface area (Å²) in [5.41, 5.74) is 2.33. The fourth-order valence-corrected chi connectivity index (χ4v) is 2.93. The quantitative estimate of drug-likeness (QED) is 0.723. The molecule has 1 aromatic heterocycles. The molecular formula is C19H18ClN3O2. The Kier molecular flexibility index (Phi) is 4.86. The summed E-state index contributed by atoms with van der Waals surface area (Å²) < 4.78 is 1.35. The minimum absolute atomic E-state index is 0.0488. The van der Waals surface area contributed by atoms with E-state index in [0.29, 0.717) is 22.5 Å². The lowest BCUT2D eigenvalue weighted by atomic mass is 10.1. The molecule has 0 aliphatic heterocycles. The maximum atomic E-state index is 12.6. The van der Waals surface area contributed by atoms with Crippen LogP contribution in [0.5, 0.6) is 0 Å². The van der Waals surface area contributed by atoms with Gasteiger partial charge in [0.2, 0.25) is 5.91 Å². The molecule has 0 aliphatic rings. The summed E-state index contributed by atoms with van der Waals surface area (Å²) in [6, 6.07) is 12.8. The van der Waals surface area contributed by atoms with Crippen LogP contribution in [0.25, 0.3) is 10.9 Å². The molecule has 0 saturated carbocycles. The Morgan fingerprint density at radius 2 is 2.00 bits per heavy atom. The van der Waals surface area contributed by atoms with Crippen molar-refractivity contribution >= 4 is 28.4 Å². The molecule has 3 aromatic rings. The van der Waals surface area contributed by atoms with Crippen molar-refractivity contribution in [3.8, 4) is 0 Å². The molecule has 0 spiro atoms. The first kappa shape index (κ1) is 17.2. The lowest BCUT2D eigenvalue weighted by Crippen LogP contribution is -2.33. The van der Waals surface area contributed by atoms with Gasteiger partial charge in [-0.25, -0.2) is 4.98 Å². The zero-order valence-corrected chi connectivity index (χ0v) is 14.8. The van der Waals surface area contributed by atoms with Crippen LogP contribution < -0.4 is 5.56 Å². The van der Waals surface area contributed by atoms with Crippen LogP contribution in [-0.4, -0.2) is 27.4 Å². The second-order valence-corrected chi connectivity index (χ2v) is 6.46. The number of rotatable bonds is 4. The normalized spacial score (nSPS) is 10.8. The predicted octanol–water partition coefficient (Wildman–Crippen LogP) is 3.02. The van der Waals surface area contributed by atoms with Gasteiger partial charge in [0.25, 0.3) is 5.56 Å². The van der Waals surface area contributed by atoms with Gasteiger partial charge in [-0.15, -0.1) is 0 Å². The topological polar surface area (TPSA) is 55.2 Å². The minimum atomic E-state index is -0.210. The number of fused-ring (bicyclic) bond motifs is 1. The van der Waals surface area contributed by atoms with E-state index in [-0.39, 0.29) is 18.0 Å². The van der Waals surface area contributed by atoms with E-state index >= 15 is 0 Å². The highest BCUT2D eigenvalue weighted by Crippen LogP contribution is 2.13. The number of amides is 1. The molecule has 0 atom stereocenters. The summed E-state index contributed by atoms with van der Waals surface area (Å²) in [6.45, 7) is 2.28. The van der Waals surface area contributed by atoms with E-state index in [4.69, 9.17) is 11.6 Å². The van der Waals surface area contributed by atoms with Crippen molar-refractivity contribution in [1.29, 1.82) is 0 Å². The summed E-state index contributed by atoms with van der Waals surface area (Å²) in [5, 5.41) is 1.15. The molecule has 0 radical (unpaired) electrons. The van der Waals surface area contributed by atoms with Crippen LogP contribution in [-0.2, 0) is 17.9 Å². The molecule has 5 nitrogen and oxygen atoms in total. The monoisotopic (exact) mass is 355 g/mol. The highest BCUT2D eigenvalue weighted by atomic mass is 35.5. The van der Waals surface area contributed by atoms with Crippen LogP contribution in [0.3, 0.4) is 0 Å². The predicted molar refractivity (Wildman–Crippen MR) is 98.7 cm³/mol. The molecule has 128 valence electrons. The number of para-hydroxylation sites is 1. The first-order valence-electron chi connectivity index (χ1n) is 7.89. The fourth-order valence-electron chi connectivity index (χ4n) is 2.71. The second kappa shape index (κ2) is 7.07. The van der Waals surface area contributed by atoms with Crippen molar-refractivity contribution in [2.75, 3.05) is 7.05 Å². The average Bonchev–Trinajstić information content (AvgIpc) is 2.58. The summed E-state index contributed by atoms with van der Waals surface area (Å²) in [6.07, 6.45) is 1.43. The number of hydrogen-bond acceptors (Lipinski definition) is 3. The Balaban J connectivity index is 1.80. The molecule has 25 heavy (non-hydrogen) atoms. The van der Waals surface area contributed by atoms with Gasteiger partial charge in [-0.1, -0.05) is 35.9 Å². The van der Waals surface area contributed by atoms with Crippen molar-refractivity contribution in [3.05, 3.63) is 75.3 Å². The molecule has 0 bridgehead atoms. The first-order chi connectivity index (χ1) is 12.0. The number of halogens is 1. The number of carbonyl (C=O) groups excluding carboxylic acids is 1. The van der Waals surface area contributed by atoms with Crippen molar-refractivity contribution in [2.24, 2.45) is 0 Å². The van der Waals surface area contributed by atoms with Crippen molar-refractivity contribution in [2.45, 2.75) is 20.0 Å².